The van der Waals surface area contributed by atoms with Gasteiger partial charge in [-0.15, -0.1) is 0 Å². The molecule has 126 valence electrons. The monoisotopic (exact) mass is 325 g/mol. The lowest BCUT2D eigenvalue weighted by atomic mass is 9.96. The van der Waals surface area contributed by atoms with Crippen LogP contribution in [-0.4, -0.2) is 37.7 Å². The molecule has 0 aromatic heterocycles. The lowest BCUT2D eigenvalue weighted by molar-refractivity contribution is -0.146. The van der Waals surface area contributed by atoms with Crippen LogP contribution in [0.1, 0.15) is 22.8 Å². The van der Waals surface area contributed by atoms with Crippen molar-refractivity contribution < 1.29 is 14.3 Å². The highest BCUT2D eigenvalue weighted by Crippen LogP contribution is 2.29. The summed E-state index contributed by atoms with van der Waals surface area (Å²) in [6.45, 7) is 2.20. The fraction of sp³-hybridized carbons (Fsp3) is 0.350. The Kier molecular flexibility index (Phi) is 5.62. The minimum atomic E-state index is -0.518. The molecule has 1 aliphatic heterocycles. The van der Waals surface area contributed by atoms with Gasteiger partial charge in [-0.25, -0.2) is 0 Å². The van der Waals surface area contributed by atoms with Gasteiger partial charge in [0.25, 0.3) is 5.91 Å². The number of nitrogens with zero attached hydrogens (tertiary/aromatic N) is 1. The van der Waals surface area contributed by atoms with E-state index in [9.17, 15) is 4.79 Å². The van der Waals surface area contributed by atoms with Gasteiger partial charge in [0.15, 0.2) is 6.10 Å². The van der Waals surface area contributed by atoms with E-state index in [0.717, 1.165) is 17.5 Å². The van der Waals surface area contributed by atoms with Gasteiger partial charge in [0.05, 0.1) is 13.2 Å². The number of rotatable bonds is 6. The van der Waals surface area contributed by atoms with E-state index in [1.165, 1.54) is 5.56 Å². The standard InChI is InChI=1S/C20H23NO3/c1-23-14-12-21(15-16-7-3-2-4-8-16)20(22)19-18-10-6-5-9-17(18)11-13-24-19/h2-10,19H,11-15H2,1H3. The van der Waals surface area contributed by atoms with Crippen LogP contribution in [0.25, 0.3) is 0 Å². The quantitative estimate of drug-likeness (QED) is 0.819. The molecule has 1 atom stereocenters. The van der Waals surface area contributed by atoms with Gasteiger partial charge < -0.3 is 14.4 Å². The molecular weight excluding hydrogens is 302 g/mol. The number of carbonyl (C=O) groups excluding carboxylic acids is 1. The molecule has 1 unspecified atom stereocenters. The van der Waals surface area contributed by atoms with Gasteiger partial charge in [-0.2, -0.15) is 0 Å². The summed E-state index contributed by atoms with van der Waals surface area (Å²) < 4.78 is 11.0. The number of fused-ring (bicyclic) bond motifs is 1. The maximum absolute atomic E-state index is 13.1. The van der Waals surface area contributed by atoms with Crippen LogP contribution >= 0.6 is 0 Å². The van der Waals surface area contributed by atoms with Crippen molar-refractivity contribution in [3.63, 3.8) is 0 Å². The third kappa shape index (κ3) is 3.83. The number of benzene rings is 2. The molecule has 1 aliphatic rings. The molecule has 24 heavy (non-hydrogen) atoms. The Balaban J connectivity index is 1.81. The van der Waals surface area contributed by atoms with Crippen molar-refractivity contribution in [1.82, 2.24) is 4.90 Å². The van der Waals surface area contributed by atoms with E-state index in [4.69, 9.17) is 9.47 Å². The largest absolute Gasteiger partial charge is 0.383 e. The van der Waals surface area contributed by atoms with Crippen LogP contribution < -0.4 is 0 Å². The average Bonchev–Trinajstić information content (AvgIpc) is 2.65. The molecule has 2 aromatic rings. The smallest absolute Gasteiger partial charge is 0.256 e. The maximum Gasteiger partial charge on any atom is 0.256 e. The minimum absolute atomic E-state index is 0.00283. The molecular formula is C20H23NO3. The Labute approximate surface area is 143 Å². The number of methoxy groups -OCH3 is 1. The zero-order valence-corrected chi connectivity index (χ0v) is 14.0. The summed E-state index contributed by atoms with van der Waals surface area (Å²) in [7, 11) is 1.65. The van der Waals surface area contributed by atoms with Crippen LogP contribution in [0.5, 0.6) is 0 Å². The molecule has 0 radical (unpaired) electrons. The molecule has 0 N–H and O–H groups in total. The SMILES string of the molecule is COCCN(Cc1ccccc1)C(=O)C1OCCc2ccccc21. The molecule has 4 heteroatoms. The second-order valence-corrected chi connectivity index (χ2v) is 5.94. The number of hydrogen-bond donors (Lipinski definition) is 0. The minimum Gasteiger partial charge on any atom is -0.383 e. The van der Waals surface area contributed by atoms with Crippen LogP contribution in [0.2, 0.25) is 0 Å². The van der Waals surface area contributed by atoms with E-state index < -0.39 is 6.10 Å². The zero-order chi connectivity index (χ0) is 16.8. The third-order valence-corrected chi connectivity index (χ3v) is 4.31. The van der Waals surface area contributed by atoms with Gasteiger partial charge in [-0.1, -0.05) is 54.6 Å². The van der Waals surface area contributed by atoms with Crippen LogP contribution in [0.4, 0.5) is 0 Å². The second-order valence-electron chi connectivity index (χ2n) is 5.94. The Morgan fingerprint density at radius 3 is 2.71 bits per heavy atom. The summed E-state index contributed by atoms with van der Waals surface area (Å²) in [4.78, 5) is 14.9. The molecule has 3 rings (SSSR count). The lowest BCUT2D eigenvalue weighted by Crippen LogP contribution is -2.39. The highest BCUT2D eigenvalue weighted by molar-refractivity contribution is 5.83. The molecule has 0 fully saturated rings. The van der Waals surface area contributed by atoms with Crippen molar-refractivity contribution in [2.45, 2.75) is 19.1 Å². The molecule has 0 aliphatic carbocycles. The van der Waals surface area contributed by atoms with E-state index >= 15 is 0 Å². The third-order valence-electron chi connectivity index (χ3n) is 4.31. The topological polar surface area (TPSA) is 38.8 Å². The summed E-state index contributed by atoms with van der Waals surface area (Å²) in [5.74, 6) is 0.00283. The van der Waals surface area contributed by atoms with E-state index in [1.807, 2.05) is 53.4 Å². The number of carbonyl (C=O) groups is 1. The fourth-order valence-electron chi connectivity index (χ4n) is 3.04. The van der Waals surface area contributed by atoms with E-state index in [1.54, 1.807) is 7.11 Å². The number of amides is 1. The Hall–Kier alpha value is -2.17. The van der Waals surface area contributed by atoms with Gasteiger partial charge in [0.1, 0.15) is 0 Å². The van der Waals surface area contributed by atoms with Crippen molar-refractivity contribution in [2.24, 2.45) is 0 Å². The molecule has 4 nitrogen and oxygen atoms in total. The van der Waals surface area contributed by atoms with Crippen LogP contribution in [0, 0.1) is 0 Å². The Morgan fingerprint density at radius 1 is 1.17 bits per heavy atom. The fourth-order valence-corrected chi connectivity index (χ4v) is 3.04. The summed E-state index contributed by atoms with van der Waals surface area (Å²) in [5, 5.41) is 0. The van der Waals surface area contributed by atoms with Gasteiger partial charge >= 0.3 is 0 Å². The van der Waals surface area contributed by atoms with Crippen molar-refractivity contribution in [3.05, 3.63) is 71.3 Å². The second kappa shape index (κ2) is 8.08. The first-order chi connectivity index (χ1) is 11.8. The lowest BCUT2D eigenvalue weighted by Gasteiger charge is -2.31. The first-order valence-electron chi connectivity index (χ1n) is 8.30. The van der Waals surface area contributed by atoms with Crippen LogP contribution in [0.15, 0.2) is 54.6 Å². The van der Waals surface area contributed by atoms with E-state index in [2.05, 4.69) is 6.07 Å². The van der Waals surface area contributed by atoms with Crippen LogP contribution in [0.3, 0.4) is 0 Å². The van der Waals surface area contributed by atoms with Crippen molar-refractivity contribution in [2.75, 3.05) is 26.9 Å². The Bertz CT molecular complexity index is 672. The molecule has 0 spiro atoms. The van der Waals surface area contributed by atoms with Gasteiger partial charge in [0, 0.05) is 20.2 Å². The zero-order valence-electron chi connectivity index (χ0n) is 14.0. The number of ether oxygens (including phenoxy) is 2. The number of hydrogen-bond acceptors (Lipinski definition) is 3. The summed E-state index contributed by atoms with van der Waals surface area (Å²) in [6, 6.07) is 18.1. The summed E-state index contributed by atoms with van der Waals surface area (Å²) >= 11 is 0. The highest BCUT2D eigenvalue weighted by atomic mass is 16.5. The van der Waals surface area contributed by atoms with Crippen LogP contribution in [-0.2, 0) is 27.2 Å². The highest BCUT2D eigenvalue weighted by Gasteiger charge is 2.30. The van der Waals surface area contributed by atoms with Crippen molar-refractivity contribution in [1.29, 1.82) is 0 Å². The van der Waals surface area contributed by atoms with Gasteiger partial charge in [-0.05, 0) is 23.1 Å². The van der Waals surface area contributed by atoms with Gasteiger partial charge in [0.2, 0.25) is 0 Å². The predicted octanol–water partition coefficient (Wildman–Crippen LogP) is 2.98. The molecule has 2 aromatic carbocycles. The first-order valence-corrected chi connectivity index (χ1v) is 8.30. The molecule has 0 bridgehead atoms. The van der Waals surface area contributed by atoms with Crippen molar-refractivity contribution in [3.8, 4) is 0 Å². The molecule has 1 heterocycles. The van der Waals surface area contributed by atoms with E-state index in [-0.39, 0.29) is 5.91 Å². The van der Waals surface area contributed by atoms with Crippen molar-refractivity contribution >= 4 is 5.91 Å². The first kappa shape index (κ1) is 16.7. The predicted molar refractivity (Wildman–Crippen MR) is 92.6 cm³/mol. The normalized spacial score (nSPS) is 16.5. The Morgan fingerprint density at radius 2 is 1.92 bits per heavy atom. The summed E-state index contributed by atoms with van der Waals surface area (Å²) in [6.07, 6.45) is 0.340. The summed E-state index contributed by atoms with van der Waals surface area (Å²) in [5.41, 5.74) is 3.30. The molecule has 1 amide bonds. The van der Waals surface area contributed by atoms with E-state index in [0.29, 0.717) is 26.3 Å². The van der Waals surface area contributed by atoms with Gasteiger partial charge in [-0.3, -0.25) is 4.79 Å². The molecule has 0 saturated heterocycles. The maximum atomic E-state index is 13.1. The average molecular weight is 325 g/mol. The molecule has 0 saturated carbocycles.